The zero-order chi connectivity index (χ0) is 18.1. The first-order valence-electron chi connectivity index (χ1n) is 8.63. The van der Waals surface area contributed by atoms with Gasteiger partial charge < -0.3 is 9.47 Å². The number of fused-ring (bicyclic) bond motifs is 1. The van der Waals surface area contributed by atoms with Crippen LogP contribution >= 0.6 is 0 Å². The molecule has 0 N–H and O–H groups in total. The summed E-state index contributed by atoms with van der Waals surface area (Å²) in [6, 6.07) is 16.3. The molecule has 1 aliphatic heterocycles. The van der Waals surface area contributed by atoms with Crippen LogP contribution in [0.5, 0.6) is 11.8 Å². The highest BCUT2D eigenvalue weighted by Gasteiger charge is 2.23. The Morgan fingerprint density at radius 2 is 1.96 bits per heavy atom. The number of hydrogen-bond donors (Lipinski definition) is 0. The third-order valence-electron chi connectivity index (χ3n) is 4.50. The molecule has 0 aliphatic carbocycles. The van der Waals surface area contributed by atoms with E-state index in [1.54, 1.807) is 6.20 Å². The lowest BCUT2D eigenvalue weighted by Gasteiger charge is -2.12. The van der Waals surface area contributed by atoms with Crippen molar-refractivity contribution < 1.29 is 9.47 Å². The van der Waals surface area contributed by atoms with E-state index in [1.807, 2.05) is 16.7 Å². The van der Waals surface area contributed by atoms with E-state index < -0.39 is 0 Å². The highest BCUT2D eigenvalue weighted by atomic mass is 16.6. The molecule has 0 spiro atoms. The lowest BCUT2D eigenvalue weighted by molar-refractivity contribution is 0.143. The zero-order valence-electron chi connectivity index (χ0n) is 14.8. The number of ether oxygens (including phenoxy) is 2. The number of hydrogen-bond acceptors (Lipinski definition) is 4. The van der Waals surface area contributed by atoms with Crippen LogP contribution in [0.2, 0.25) is 0 Å². The summed E-state index contributed by atoms with van der Waals surface area (Å²) in [4.78, 5) is 15.1. The molecule has 3 aromatic rings. The van der Waals surface area contributed by atoms with Crippen molar-refractivity contribution in [3.05, 3.63) is 76.2 Å². The Labute approximate surface area is 151 Å². The second kappa shape index (κ2) is 6.67. The Balaban J connectivity index is 1.40. The van der Waals surface area contributed by atoms with Gasteiger partial charge in [0.2, 0.25) is 0 Å². The molecule has 0 amide bonds. The lowest BCUT2D eigenvalue weighted by atomic mass is 9.99. The number of rotatable bonds is 4. The molecule has 0 bridgehead atoms. The molecular formula is C21H20N2O3. The third kappa shape index (κ3) is 3.33. The minimum absolute atomic E-state index is 0.150. The average molecular weight is 348 g/mol. The fourth-order valence-corrected chi connectivity index (χ4v) is 3.20. The third-order valence-corrected chi connectivity index (χ3v) is 4.50. The van der Waals surface area contributed by atoms with Crippen LogP contribution < -0.4 is 15.0 Å². The van der Waals surface area contributed by atoms with Crippen molar-refractivity contribution in [1.29, 1.82) is 0 Å². The summed E-state index contributed by atoms with van der Waals surface area (Å²) >= 11 is 0. The van der Waals surface area contributed by atoms with Gasteiger partial charge in [0.05, 0.1) is 6.54 Å². The van der Waals surface area contributed by atoms with Crippen molar-refractivity contribution >= 4 is 0 Å². The Hall–Kier alpha value is -3.08. The van der Waals surface area contributed by atoms with Crippen molar-refractivity contribution in [1.82, 2.24) is 9.55 Å². The largest absolute Gasteiger partial charge is 0.490 e. The summed E-state index contributed by atoms with van der Waals surface area (Å²) in [6.45, 7) is 5.26. The summed E-state index contributed by atoms with van der Waals surface area (Å²) in [5, 5.41) is 0. The van der Waals surface area contributed by atoms with Gasteiger partial charge in [0.15, 0.2) is 6.10 Å². The number of aromatic nitrogens is 2. The van der Waals surface area contributed by atoms with Crippen LogP contribution in [0.3, 0.4) is 0 Å². The second-order valence-corrected chi connectivity index (χ2v) is 6.59. The first-order valence-corrected chi connectivity index (χ1v) is 8.63. The monoisotopic (exact) mass is 348 g/mol. The van der Waals surface area contributed by atoms with E-state index in [2.05, 4.69) is 49.2 Å². The minimum Gasteiger partial charge on any atom is -0.490 e. The van der Waals surface area contributed by atoms with Crippen molar-refractivity contribution in [3.63, 3.8) is 0 Å². The minimum atomic E-state index is -0.292. The first-order chi connectivity index (χ1) is 12.6. The molecule has 1 aliphatic rings. The Morgan fingerprint density at radius 3 is 2.73 bits per heavy atom. The number of benzene rings is 2. The van der Waals surface area contributed by atoms with E-state index in [1.165, 1.54) is 28.3 Å². The van der Waals surface area contributed by atoms with E-state index in [-0.39, 0.29) is 11.7 Å². The summed E-state index contributed by atoms with van der Waals surface area (Å²) < 4.78 is 13.3. The molecular weight excluding hydrogens is 328 g/mol. The van der Waals surface area contributed by atoms with E-state index in [0.717, 1.165) is 5.75 Å². The number of nitrogens with zero attached hydrogens (tertiary/aromatic N) is 2. The van der Waals surface area contributed by atoms with Crippen molar-refractivity contribution in [2.45, 2.75) is 26.5 Å². The molecule has 2 heterocycles. The average Bonchev–Trinajstić information content (AvgIpc) is 3.02. The van der Waals surface area contributed by atoms with Gasteiger partial charge in [-0.05, 0) is 42.7 Å². The Bertz CT molecular complexity index is 993. The van der Waals surface area contributed by atoms with Crippen molar-refractivity contribution in [3.8, 4) is 22.9 Å². The van der Waals surface area contributed by atoms with E-state index in [0.29, 0.717) is 19.2 Å². The molecule has 0 fully saturated rings. The van der Waals surface area contributed by atoms with Crippen molar-refractivity contribution in [2.24, 2.45) is 0 Å². The lowest BCUT2D eigenvalue weighted by Crippen LogP contribution is -2.23. The van der Waals surface area contributed by atoms with Gasteiger partial charge in [-0.25, -0.2) is 0 Å². The molecule has 0 unspecified atom stereocenters. The maximum absolute atomic E-state index is 11.3. The molecule has 1 aromatic heterocycles. The molecule has 5 nitrogen and oxygen atoms in total. The van der Waals surface area contributed by atoms with Crippen LogP contribution in [0.15, 0.2) is 59.5 Å². The topological polar surface area (TPSA) is 53.4 Å². The first kappa shape index (κ1) is 16.4. The van der Waals surface area contributed by atoms with Crippen LogP contribution in [-0.2, 0) is 6.54 Å². The standard InChI is InChI=1S/C21H20N2O3/c1-14-3-8-19(15(2)11-14)16-4-6-17(7-5-16)25-13-18-12-23-10-9-20(24)22-21(23)26-18/h3-11,18H,12-13H2,1-2H3/t18-/m0/s1. The molecule has 132 valence electrons. The molecule has 26 heavy (non-hydrogen) atoms. The summed E-state index contributed by atoms with van der Waals surface area (Å²) in [7, 11) is 0. The smallest absolute Gasteiger partial charge is 0.300 e. The van der Waals surface area contributed by atoms with Crippen molar-refractivity contribution in [2.75, 3.05) is 6.61 Å². The summed E-state index contributed by atoms with van der Waals surface area (Å²) in [6.07, 6.45) is 1.55. The predicted molar refractivity (Wildman–Crippen MR) is 99.8 cm³/mol. The highest BCUT2D eigenvalue weighted by Crippen LogP contribution is 2.26. The second-order valence-electron chi connectivity index (χ2n) is 6.59. The maximum Gasteiger partial charge on any atom is 0.300 e. The SMILES string of the molecule is Cc1ccc(-c2ccc(OC[C@@H]3Cn4ccc(=O)nc4O3)cc2)c(C)c1. The Kier molecular flexibility index (Phi) is 4.21. The molecule has 0 saturated carbocycles. The van der Waals surface area contributed by atoms with Gasteiger partial charge in [-0.1, -0.05) is 35.9 Å². The van der Waals surface area contributed by atoms with Gasteiger partial charge in [0.1, 0.15) is 12.4 Å². The van der Waals surface area contributed by atoms with Crippen LogP contribution in [0.4, 0.5) is 0 Å². The molecule has 0 radical (unpaired) electrons. The highest BCUT2D eigenvalue weighted by molar-refractivity contribution is 5.68. The van der Waals surface area contributed by atoms with Gasteiger partial charge in [0, 0.05) is 12.3 Å². The van der Waals surface area contributed by atoms with Crippen LogP contribution in [-0.4, -0.2) is 22.3 Å². The summed E-state index contributed by atoms with van der Waals surface area (Å²) in [5.74, 6) is 0.792. The molecule has 0 saturated heterocycles. The van der Waals surface area contributed by atoms with Crippen LogP contribution in [0.1, 0.15) is 11.1 Å². The number of aryl methyl sites for hydroxylation is 2. The van der Waals surface area contributed by atoms with Gasteiger partial charge in [0.25, 0.3) is 11.6 Å². The quantitative estimate of drug-likeness (QED) is 0.725. The van der Waals surface area contributed by atoms with Gasteiger partial charge in [-0.2, -0.15) is 4.98 Å². The Morgan fingerprint density at radius 1 is 1.15 bits per heavy atom. The maximum atomic E-state index is 11.3. The van der Waals surface area contributed by atoms with E-state index >= 15 is 0 Å². The fraction of sp³-hybridized carbons (Fsp3) is 0.238. The summed E-state index contributed by atoms with van der Waals surface area (Å²) in [5.41, 5.74) is 4.63. The molecule has 1 atom stereocenters. The van der Waals surface area contributed by atoms with E-state index in [4.69, 9.17) is 9.47 Å². The van der Waals surface area contributed by atoms with Crippen LogP contribution in [0.25, 0.3) is 11.1 Å². The molecule has 5 heteroatoms. The van der Waals surface area contributed by atoms with E-state index in [9.17, 15) is 4.79 Å². The molecule has 4 rings (SSSR count). The molecule has 2 aromatic carbocycles. The van der Waals surface area contributed by atoms with Crippen LogP contribution in [0, 0.1) is 13.8 Å². The fourth-order valence-electron chi connectivity index (χ4n) is 3.20. The zero-order valence-corrected chi connectivity index (χ0v) is 14.8. The predicted octanol–water partition coefficient (Wildman–Crippen LogP) is 3.37. The normalized spacial score (nSPS) is 15.4. The van der Waals surface area contributed by atoms with Gasteiger partial charge >= 0.3 is 0 Å². The van der Waals surface area contributed by atoms with Gasteiger partial charge in [-0.3, -0.25) is 9.36 Å². The van der Waals surface area contributed by atoms with Gasteiger partial charge in [-0.15, -0.1) is 0 Å².